The van der Waals surface area contributed by atoms with Crippen LogP contribution in [0.2, 0.25) is 0 Å². The molecule has 0 N–H and O–H groups in total. The first-order valence-electron chi connectivity index (χ1n) is 6.96. The van der Waals surface area contributed by atoms with Crippen molar-refractivity contribution in [3.05, 3.63) is 35.4 Å². The first kappa shape index (κ1) is 10.4. The van der Waals surface area contributed by atoms with E-state index in [2.05, 4.69) is 31.2 Å². The van der Waals surface area contributed by atoms with E-state index in [1.54, 1.807) is 0 Å². The second kappa shape index (κ2) is 3.51. The molecule has 5 atom stereocenters. The van der Waals surface area contributed by atoms with Crippen molar-refractivity contribution in [1.82, 2.24) is 0 Å². The molecule has 0 aliphatic heterocycles. The van der Waals surface area contributed by atoms with Crippen molar-refractivity contribution in [2.24, 2.45) is 29.6 Å². The Morgan fingerprint density at radius 2 is 1.65 bits per heavy atom. The van der Waals surface area contributed by atoms with Crippen LogP contribution in [0.25, 0.3) is 0 Å². The molecule has 17 heavy (non-hydrogen) atoms. The summed E-state index contributed by atoms with van der Waals surface area (Å²) in [6.07, 6.45) is 4.49. The van der Waals surface area contributed by atoms with Gasteiger partial charge >= 0.3 is 0 Å². The summed E-state index contributed by atoms with van der Waals surface area (Å²) in [6, 6.07) is 8.83. The highest BCUT2D eigenvalue weighted by atomic mass is 35.5. The molecule has 0 aromatic heterocycles. The monoisotopic (exact) mass is 246 g/mol. The summed E-state index contributed by atoms with van der Waals surface area (Å²) in [7, 11) is 0. The number of rotatable bonds is 2. The van der Waals surface area contributed by atoms with Crippen LogP contribution in [0.15, 0.2) is 24.3 Å². The van der Waals surface area contributed by atoms with Crippen molar-refractivity contribution in [3.63, 3.8) is 0 Å². The zero-order chi connectivity index (χ0) is 11.6. The van der Waals surface area contributed by atoms with Crippen LogP contribution in [-0.2, 0) is 0 Å². The molecule has 3 saturated carbocycles. The Morgan fingerprint density at radius 3 is 2.24 bits per heavy atom. The number of hydrogen-bond acceptors (Lipinski definition) is 0. The molecular formula is C16H19Cl. The highest BCUT2D eigenvalue weighted by Gasteiger charge is 2.66. The molecule has 0 amide bonds. The first-order valence-corrected chi connectivity index (χ1v) is 7.40. The van der Waals surface area contributed by atoms with E-state index in [0.717, 1.165) is 29.6 Å². The number of benzene rings is 1. The summed E-state index contributed by atoms with van der Waals surface area (Å²) in [6.45, 7) is 2.14. The summed E-state index contributed by atoms with van der Waals surface area (Å²) in [5, 5.41) is 0.272. The Kier molecular flexibility index (Phi) is 2.15. The SMILES string of the molecule is Cc1ccc(C(Cl)C2C3C4CCC(C4)C32)cc1. The van der Waals surface area contributed by atoms with Gasteiger partial charge in [-0.3, -0.25) is 0 Å². The third-order valence-electron chi connectivity index (χ3n) is 5.53. The minimum absolute atomic E-state index is 0.272. The number of hydrogen-bond donors (Lipinski definition) is 0. The Balaban J connectivity index is 1.55. The van der Waals surface area contributed by atoms with Crippen molar-refractivity contribution in [2.75, 3.05) is 0 Å². The van der Waals surface area contributed by atoms with E-state index >= 15 is 0 Å². The normalized spacial score (nSPS) is 43.5. The molecule has 3 aliphatic rings. The van der Waals surface area contributed by atoms with Gasteiger partial charge in [0.25, 0.3) is 0 Å². The second-order valence-electron chi connectivity index (χ2n) is 6.38. The molecule has 1 heteroatoms. The van der Waals surface area contributed by atoms with E-state index in [1.165, 1.54) is 30.4 Å². The van der Waals surface area contributed by atoms with Gasteiger partial charge in [-0.15, -0.1) is 11.6 Å². The van der Waals surface area contributed by atoms with Crippen LogP contribution < -0.4 is 0 Å². The predicted octanol–water partition coefficient (Wildman–Crippen LogP) is 4.57. The Hall–Kier alpha value is -0.490. The maximum absolute atomic E-state index is 6.72. The molecular weight excluding hydrogens is 228 g/mol. The molecule has 1 aromatic carbocycles. The molecule has 0 nitrogen and oxygen atoms in total. The van der Waals surface area contributed by atoms with E-state index < -0.39 is 0 Å². The van der Waals surface area contributed by atoms with E-state index in [-0.39, 0.29) is 5.38 Å². The van der Waals surface area contributed by atoms with Gasteiger partial charge in [0.1, 0.15) is 0 Å². The van der Waals surface area contributed by atoms with Gasteiger partial charge in [-0.05, 0) is 61.3 Å². The number of alkyl halides is 1. The lowest BCUT2D eigenvalue weighted by Gasteiger charge is -2.14. The van der Waals surface area contributed by atoms with Crippen LogP contribution >= 0.6 is 11.6 Å². The summed E-state index contributed by atoms with van der Waals surface area (Å²) in [5.74, 6) is 4.82. The summed E-state index contributed by atoms with van der Waals surface area (Å²) in [5.41, 5.74) is 2.67. The van der Waals surface area contributed by atoms with Gasteiger partial charge in [0.2, 0.25) is 0 Å². The fraction of sp³-hybridized carbons (Fsp3) is 0.625. The van der Waals surface area contributed by atoms with E-state index in [0.29, 0.717) is 0 Å². The van der Waals surface area contributed by atoms with Gasteiger partial charge in [-0.25, -0.2) is 0 Å². The summed E-state index contributed by atoms with van der Waals surface area (Å²) >= 11 is 6.72. The average molecular weight is 247 g/mol. The van der Waals surface area contributed by atoms with Crippen LogP contribution in [0.5, 0.6) is 0 Å². The highest BCUT2D eigenvalue weighted by Crippen LogP contribution is 2.73. The maximum atomic E-state index is 6.72. The van der Waals surface area contributed by atoms with Gasteiger partial charge < -0.3 is 0 Å². The minimum atomic E-state index is 0.272. The molecule has 3 fully saturated rings. The maximum Gasteiger partial charge on any atom is 0.0619 e. The van der Waals surface area contributed by atoms with E-state index in [4.69, 9.17) is 11.6 Å². The fourth-order valence-corrected chi connectivity index (χ4v) is 5.24. The van der Waals surface area contributed by atoms with Gasteiger partial charge in [-0.1, -0.05) is 29.8 Å². The predicted molar refractivity (Wildman–Crippen MR) is 71.1 cm³/mol. The third kappa shape index (κ3) is 1.43. The van der Waals surface area contributed by atoms with Crippen LogP contribution in [0.1, 0.15) is 35.8 Å². The zero-order valence-corrected chi connectivity index (χ0v) is 11.0. The number of fused-ring (bicyclic) bond motifs is 5. The molecule has 1 aromatic rings. The molecule has 0 spiro atoms. The average Bonchev–Trinajstić information content (AvgIpc) is 2.77. The lowest BCUT2D eigenvalue weighted by atomic mass is 9.96. The number of halogens is 1. The largest absolute Gasteiger partial charge is 0.117 e. The molecule has 2 bridgehead atoms. The van der Waals surface area contributed by atoms with Crippen molar-refractivity contribution < 1.29 is 0 Å². The molecule has 0 saturated heterocycles. The summed E-state index contributed by atoms with van der Waals surface area (Å²) < 4.78 is 0. The minimum Gasteiger partial charge on any atom is -0.117 e. The molecule has 4 rings (SSSR count). The van der Waals surface area contributed by atoms with Crippen molar-refractivity contribution in [2.45, 2.75) is 31.6 Å². The van der Waals surface area contributed by atoms with Gasteiger partial charge in [0, 0.05) is 0 Å². The Labute approximate surface area is 108 Å². The molecule has 0 radical (unpaired) electrons. The van der Waals surface area contributed by atoms with Gasteiger partial charge in [-0.2, -0.15) is 0 Å². The van der Waals surface area contributed by atoms with Gasteiger partial charge in [0.05, 0.1) is 5.38 Å². The van der Waals surface area contributed by atoms with Crippen LogP contribution in [-0.4, -0.2) is 0 Å². The van der Waals surface area contributed by atoms with Crippen LogP contribution in [0.4, 0.5) is 0 Å². The van der Waals surface area contributed by atoms with E-state index in [1.807, 2.05) is 0 Å². The van der Waals surface area contributed by atoms with Crippen molar-refractivity contribution >= 4 is 11.6 Å². The summed E-state index contributed by atoms with van der Waals surface area (Å²) in [4.78, 5) is 0. The lowest BCUT2D eigenvalue weighted by Crippen LogP contribution is -2.04. The standard InChI is InChI=1S/C16H19Cl/c1-9-2-4-10(5-3-9)16(17)15-13-11-6-7-12(8-11)14(13)15/h2-5,11-16H,6-8H2,1H3. The Bertz CT molecular complexity index is 419. The van der Waals surface area contributed by atoms with Crippen molar-refractivity contribution in [1.29, 1.82) is 0 Å². The van der Waals surface area contributed by atoms with E-state index in [9.17, 15) is 0 Å². The third-order valence-corrected chi connectivity index (χ3v) is 6.07. The Morgan fingerprint density at radius 1 is 1.06 bits per heavy atom. The number of aryl methyl sites for hydroxylation is 1. The quantitative estimate of drug-likeness (QED) is 0.671. The first-order chi connectivity index (χ1) is 8.25. The molecule has 3 aliphatic carbocycles. The smallest absolute Gasteiger partial charge is 0.0619 e. The highest BCUT2D eigenvalue weighted by molar-refractivity contribution is 6.21. The zero-order valence-electron chi connectivity index (χ0n) is 10.3. The molecule has 90 valence electrons. The second-order valence-corrected chi connectivity index (χ2v) is 6.85. The topological polar surface area (TPSA) is 0 Å². The van der Waals surface area contributed by atoms with Crippen LogP contribution in [0, 0.1) is 36.5 Å². The molecule has 0 heterocycles. The van der Waals surface area contributed by atoms with Gasteiger partial charge in [0.15, 0.2) is 0 Å². The lowest BCUT2D eigenvalue weighted by molar-refractivity contribution is 0.455. The fourth-order valence-electron chi connectivity index (χ4n) is 4.76. The van der Waals surface area contributed by atoms with Crippen LogP contribution in [0.3, 0.4) is 0 Å². The van der Waals surface area contributed by atoms with Crippen molar-refractivity contribution in [3.8, 4) is 0 Å². The molecule has 5 unspecified atom stereocenters.